The van der Waals surface area contributed by atoms with Gasteiger partial charge in [0.1, 0.15) is 11.9 Å². The van der Waals surface area contributed by atoms with Gasteiger partial charge in [-0.25, -0.2) is 0 Å². The monoisotopic (exact) mass is 892 g/mol. The van der Waals surface area contributed by atoms with Crippen molar-refractivity contribution in [3.63, 3.8) is 0 Å². The summed E-state index contributed by atoms with van der Waals surface area (Å²) in [4.78, 5) is 40.8. The van der Waals surface area contributed by atoms with Crippen LogP contribution in [0.2, 0.25) is 0 Å². The highest BCUT2D eigenvalue weighted by atomic mass is 31.2. The zero-order valence-corrected chi connectivity index (χ0v) is 40.2. The number of hydrogen-bond donors (Lipinski definition) is 5. The second-order valence-electron chi connectivity index (χ2n) is 18.6. The van der Waals surface area contributed by atoms with Gasteiger partial charge in [0.2, 0.25) is 0 Å². The molecule has 0 radical (unpaired) electrons. The van der Waals surface area contributed by atoms with Gasteiger partial charge in [-0.2, -0.15) is 0 Å². The van der Waals surface area contributed by atoms with E-state index in [2.05, 4.69) is 129 Å². The van der Waals surface area contributed by atoms with Gasteiger partial charge < -0.3 is 38.5 Å². The molecule has 5 aromatic carbocycles. The van der Waals surface area contributed by atoms with Crippen LogP contribution in [-0.4, -0.2) is 44.5 Å². The van der Waals surface area contributed by atoms with Gasteiger partial charge in [-0.05, 0) is 58.9 Å². The third-order valence-corrected chi connectivity index (χ3v) is 13.9. The summed E-state index contributed by atoms with van der Waals surface area (Å²) in [7, 11) is -5.79. The zero-order chi connectivity index (χ0) is 46.2. The van der Waals surface area contributed by atoms with Crippen molar-refractivity contribution in [2.24, 2.45) is 5.41 Å². The lowest BCUT2D eigenvalue weighted by Gasteiger charge is -2.43. The van der Waals surface area contributed by atoms with Crippen molar-refractivity contribution in [2.75, 3.05) is 19.8 Å². The number of hydrogen-bond acceptors (Lipinski definition) is 8. The van der Waals surface area contributed by atoms with Crippen molar-refractivity contribution in [3.8, 4) is 5.75 Å². The molecule has 0 heterocycles. The van der Waals surface area contributed by atoms with E-state index in [1.54, 1.807) is 0 Å². The summed E-state index contributed by atoms with van der Waals surface area (Å²) in [5.74, 6) is 0.517. The molecule has 0 bridgehead atoms. The first-order valence-electron chi connectivity index (χ1n) is 21.4. The van der Waals surface area contributed by atoms with E-state index in [-0.39, 0.29) is 0 Å². The van der Waals surface area contributed by atoms with Crippen LogP contribution in [0.1, 0.15) is 120 Å². The summed E-state index contributed by atoms with van der Waals surface area (Å²) in [6.07, 6.45) is 4.95. The van der Waals surface area contributed by atoms with Gasteiger partial charge in [-0.1, -0.05) is 201 Å². The molecule has 0 saturated heterocycles. The Labute approximate surface area is 378 Å². The number of rotatable bonds is 20. The van der Waals surface area contributed by atoms with Crippen LogP contribution in [0.15, 0.2) is 151 Å². The van der Waals surface area contributed by atoms with E-state index >= 15 is 0 Å². The highest BCUT2D eigenvalue weighted by Crippen LogP contribution is 2.51. The van der Waals surface area contributed by atoms with Gasteiger partial charge in [0.25, 0.3) is 0 Å². The van der Waals surface area contributed by atoms with Gasteiger partial charge in [0.05, 0.1) is 25.2 Å². The van der Waals surface area contributed by atoms with Gasteiger partial charge in [0.15, 0.2) is 0 Å². The molecule has 0 amide bonds. The van der Waals surface area contributed by atoms with Gasteiger partial charge in [0, 0.05) is 27.2 Å². The average Bonchev–Trinajstić information content (AvgIpc) is 3.28. The lowest BCUT2D eigenvalue weighted by atomic mass is 9.68. The molecule has 0 aliphatic carbocycles. The molecule has 0 aromatic heterocycles. The maximum atomic E-state index is 11.7. The van der Waals surface area contributed by atoms with E-state index in [0.717, 1.165) is 44.5 Å². The van der Waals surface area contributed by atoms with E-state index in [1.165, 1.54) is 0 Å². The highest BCUT2D eigenvalue weighted by molar-refractivity contribution is 7.39. The van der Waals surface area contributed by atoms with Crippen LogP contribution in [0.3, 0.4) is 0 Å². The van der Waals surface area contributed by atoms with Gasteiger partial charge in [-0.3, -0.25) is 0 Å². The largest absolute Gasteiger partial charge is 0.485 e. The Hall–Kier alpha value is -4.04. The standard InChI is InChI=1S/C53H66O8P2/c1-11-12-22-38(2)49(3,4)45-33-42(50(5,6)39-23-16-13-17-24-39)29-31-44(45)48(53(35-54,36-59-62(55)56)37-60-63(57)58)61-47-32-30-43(51(7,8)40-25-18-14-19-26-40)34-46(47)52(9,10)41-27-20-15-21-28-41/h11-34,48,54-58H,35-37H2,1-10H3/b12-11-,38-22+. The normalized spacial score (nSPS) is 13.9. The Morgan fingerprint density at radius 2 is 1.00 bits per heavy atom. The van der Waals surface area contributed by atoms with Crippen LogP contribution >= 0.6 is 17.2 Å². The lowest BCUT2D eigenvalue weighted by molar-refractivity contribution is -0.0663. The second kappa shape index (κ2) is 20.9. The number of ether oxygens (including phenoxy) is 1. The topological polar surface area (TPSA) is 129 Å². The number of benzene rings is 5. The molecule has 0 aliphatic heterocycles. The van der Waals surface area contributed by atoms with Crippen molar-refractivity contribution >= 4 is 17.2 Å². The molecule has 5 rings (SSSR count). The summed E-state index contributed by atoms with van der Waals surface area (Å²) in [5, 5.41) is 11.7. The van der Waals surface area contributed by atoms with E-state index in [4.69, 9.17) is 13.8 Å². The number of aliphatic hydroxyl groups is 1. The zero-order valence-electron chi connectivity index (χ0n) is 38.4. The van der Waals surface area contributed by atoms with Gasteiger partial charge >= 0.3 is 17.2 Å². The van der Waals surface area contributed by atoms with Crippen molar-refractivity contribution < 1.29 is 38.5 Å². The first-order valence-corrected chi connectivity index (χ1v) is 23.7. The third-order valence-electron chi connectivity index (χ3n) is 13.2. The molecule has 0 fully saturated rings. The first kappa shape index (κ1) is 50.0. The molecular formula is C53H66O8P2. The minimum absolute atomic E-state index is 0.397. The quantitative estimate of drug-likeness (QED) is 0.0386. The SMILES string of the molecule is C/C=C\C=C(/C)C(C)(C)c1cc(C(C)(C)c2ccccc2)ccc1C(Oc1ccc(C(C)(C)c2ccccc2)cc1C(C)(C)c1ccccc1)C(CO)(COP(O)O)COP(O)O. The summed E-state index contributed by atoms with van der Waals surface area (Å²) < 4.78 is 18.7. The summed E-state index contributed by atoms with van der Waals surface area (Å²) in [6.45, 7) is 19.9. The van der Waals surface area contributed by atoms with E-state index < -0.39 is 70.2 Å². The molecular weight excluding hydrogens is 827 g/mol. The highest BCUT2D eigenvalue weighted by Gasteiger charge is 2.47. The minimum atomic E-state index is -2.90. The molecule has 0 spiro atoms. The van der Waals surface area contributed by atoms with Crippen LogP contribution in [0.25, 0.3) is 0 Å². The summed E-state index contributed by atoms with van der Waals surface area (Å²) in [5.41, 5.74) is 5.24. The van der Waals surface area contributed by atoms with Crippen molar-refractivity contribution in [3.05, 3.63) is 196 Å². The van der Waals surface area contributed by atoms with E-state index in [9.17, 15) is 24.7 Å². The molecule has 1 atom stereocenters. The Bertz CT molecular complexity index is 2290. The molecule has 0 saturated carbocycles. The second-order valence-corrected chi connectivity index (χ2v) is 20.1. The Morgan fingerprint density at radius 3 is 1.43 bits per heavy atom. The van der Waals surface area contributed by atoms with Crippen LogP contribution in [0.5, 0.6) is 5.75 Å². The Balaban J connectivity index is 1.88. The summed E-state index contributed by atoms with van der Waals surface area (Å²) in [6, 6.07) is 43.4. The molecule has 336 valence electrons. The van der Waals surface area contributed by atoms with Crippen LogP contribution < -0.4 is 4.74 Å². The predicted molar refractivity (Wildman–Crippen MR) is 258 cm³/mol. The Kier molecular flexibility index (Phi) is 16.5. The first-order chi connectivity index (χ1) is 29.7. The van der Waals surface area contributed by atoms with Gasteiger partial charge in [-0.15, -0.1) is 0 Å². The fourth-order valence-corrected chi connectivity index (χ4v) is 9.07. The van der Waals surface area contributed by atoms with Crippen LogP contribution in [0, 0.1) is 5.41 Å². The van der Waals surface area contributed by atoms with Crippen molar-refractivity contribution in [2.45, 2.75) is 97.0 Å². The minimum Gasteiger partial charge on any atom is -0.485 e. The van der Waals surface area contributed by atoms with Crippen molar-refractivity contribution in [1.82, 2.24) is 0 Å². The predicted octanol–water partition coefficient (Wildman–Crippen LogP) is 12.0. The van der Waals surface area contributed by atoms with E-state index in [0.29, 0.717) is 11.3 Å². The fourth-order valence-electron chi connectivity index (χ4n) is 8.32. The summed E-state index contributed by atoms with van der Waals surface area (Å²) >= 11 is 0. The third kappa shape index (κ3) is 11.3. The molecule has 10 heteroatoms. The van der Waals surface area contributed by atoms with Crippen molar-refractivity contribution in [1.29, 1.82) is 0 Å². The Morgan fingerprint density at radius 1 is 0.571 bits per heavy atom. The maximum absolute atomic E-state index is 11.7. The molecule has 5 aromatic rings. The number of aliphatic hydroxyl groups excluding tert-OH is 1. The fraction of sp³-hybridized carbons (Fsp3) is 0.358. The molecule has 1 unspecified atom stereocenters. The van der Waals surface area contributed by atoms with E-state index in [1.807, 2.05) is 85.8 Å². The molecule has 63 heavy (non-hydrogen) atoms. The average molecular weight is 893 g/mol. The van der Waals surface area contributed by atoms with Crippen LogP contribution in [0.4, 0.5) is 0 Å². The molecule has 5 N–H and O–H groups in total. The van der Waals surface area contributed by atoms with Crippen LogP contribution in [-0.2, 0) is 30.7 Å². The smallest absolute Gasteiger partial charge is 0.327 e. The maximum Gasteiger partial charge on any atom is 0.327 e. The molecule has 8 nitrogen and oxygen atoms in total. The number of allylic oxidation sites excluding steroid dienone is 4. The molecule has 0 aliphatic rings. The lowest BCUT2D eigenvalue weighted by Crippen LogP contribution is -2.45.